The monoisotopic (exact) mass is 132 g/mol. The first-order valence-corrected chi connectivity index (χ1v) is 2.89. The van der Waals surface area contributed by atoms with Gasteiger partial charge in [-0.05, 0) is 20.8 Å². The molecule has 0 aromatic rings. The first-order chi connectivity index (χ1) is 4.09. The fourth-order valence-corrected chi connectivity index (χ4v) is 0.594. The number of aliphatic hydroxyl groups excluding tert-OH is 1. The van der Waals surface area contributed by atoms with Crippen molar-refractivity contribution in [3.63, 3.8) is 0 Å². The molecule has 0 heterocycles. The summed E-state index contributed by atoms with van der Waals surface area (Å²) in [6, 6.07) is -0.0394. The van der Waals surface area contributed by atoms with Crippen molar-refractivity contribution in [1.82, 2.24) is 5.01 Å². The Morgan fingerprint density at radius 3 is 1.89 bits per heavy atom. The van der Waals surface area contributed by atoms with Crippen molar-refractivity contribution < 1.29 is 5.11 Å². The SMILES string of the molecule is CC(C)N(N=O)C(C)O. The zero-order valence-corrected chi connectivity index (χ0v) is 5.90. The van der Waals surface area contributed by atoms with Crippen molar-refractivity contribution in [3.8, 4) is 0 Å². The van der Waals surface area contributed by atoms with Crippen molar-refractivity contribution in [2.24, 2.45) is 5.29 Å². The topological polar surface area (TPSA) is 52.9 Å². The number of rotatable bonds is 3. The lowest BCUT2D eigenvalue weighted by atomic mass is 10.4. The Morgan fingerprint density at radius 2 is 1.89 bits per heavy atom. The van der Waals surface area contributed by atoms with Crippen LogP contribution in [-0.2, 0) is 0 Å². The predicted octanol–water partition coefficient (Wildman–Crippen LogP) is 0.716. The summed E-state index contributed by atoms with van der Waals surface area (Å²) in [5, 5.41) is 12.5. The number of hydrogen-bond donors (Lipinski definition) is 1. The van der Waals surface area contributed by atoms with E-state index in [1.165, 1.54) is 6.92 Å². The van der Waals surface area contributed by atoms with E-state index in [-0.39, 0.29) is 6.04 Å². The van der Waals surface area contributed by atoms with E-state index in [1.807, 2.05) is 0 Å². The summed E-state index contributed by atoms with van der Waals surface area (Å²) in [6.45, 7) is 5.07. The molecule has 0 aromatic carbocycles. The molecule has 0 rings (SSSR count). The fourth-order valence-electron chi connectivity index (χ4n) is 0.594. The van der Waals surface area contributed by atoms with Gasteiger partial charge in [0.1, 0.15) is 6.23 Å². The van der Waals surface area contributed by atoms with Gasteiger partial charge in [0.25, 0.3) is 0 Å². The summed E-state index contributed by atoms with van der Waals surface area (Å²) < 4.78 is 0. The van der Waals surface area contributed by atoms with Crippen LogP contribution in [0.2, 0.25) is 0 Å². The van der Waals surface area contributed by atoms with Crippen LogP contribution in [0.4, 0.5) is 0 Å². The minimum Gasteiger partial charge on any atom is -0.372 e. The van der Waals surface area contributed by atoms with Crippen LogP contribution in [0.5, 0.6) is 0 Å². The molecular weight excluding hydrogens is 120 g/mol. The highest BCUT2D eigenvalue weighted by atomic mass is 16.3. The third-order valence-corrected chi connectivity index (χ3v) is 1.01. The smallest absolute Gasteiger partial charge is 0.143 e. The largest absolute Gasteiger partial charge is 0.372 e. The summed E-state index contributed by atoms with van der Waals surface area (Å²) in [5.74, 6) is 0. The van der Waals surface area contributed by atoms with E-state index in [0.717, 1.165) is 5.01 Å². The van der Waals surface area contributed by atoms with Gasteiger partial charge < -0.3 is 5.11 Å². The second-order valence-corrected chi connectivity index (χ2v) is 2.19. The van der Waals surface area contributed by atoms with Crippen molar-refractivity contribution >= 4 is 0 Å². The highest BCUT2D eigenvalue weighted by Gasteiger charge is 2.11. The molecule has 0 spiro atoms. The third kappa shape index (κ3) is 2.41. The van der Waals surface area contributed by atoms with Gasteiger partial charge in [0.05, 0.1) is 5.29 Å². The lowest BCUT2D eigenvalue weighted by Gasteiger charge is -2.21. The maximum Gasteiger partial charge on any atom is 0.143 e. The van der Waals surface area contributed by atoms with E-state index in [4.69, 9.17) is 5.11 Å². The Hall–Kier alpha value is -0.640. The van der Waals surface area contributed by atoms with E-state index >= 15 is 0 Å². The first-order valence-electron chi connectivity index (χ1n) is 2.89. The molecule has 0 aliphatic heterocycles. The van der Waals surface area contributed by atoms with E-state index in [0.29, 0.717) is 0 Å². The summed E-state index contributed by atoms with van der Waals surface area (Å²) in [4.78, 5) is 9.90. The fraction of sp³-hybridized carbons (Fsp3) is 1.00. The number of aliphatic hydroxyl groups is 1. The summed E-state index contributed by atoms with van der Waals surface area (Å²) >= 11 is 0. The molecule has 0 fully saturated rings. The van der Waals surface area contributed by atoms with E-state index in [9.17, 15) is 4.91 Å². The molecule has 1 N–H and O–H groups in total. The zero-order chi connectivity index (χ0) is 7.44. The molecule has 0 saturated heterocycles. The van der Waals surface area contributed by atoms with Crippen LogP contribution in [0.15, 0.2) is 5.29 Å². The van der Waals surface area contributed by atoms with Gasteiger partial charge in [-0.15, -0.1) is 4.91 Å². The Labute approximate surface area is 54.4 Å². The van der Waals surface area contributed by atoms with Gasteiger partial charge in [0, 0.05) is 6.04 Å². The highest BCUT2D eigenvalue weighted by molar-refractivity contribution is 4.56. The lowest BCUT2D eigenvalue weighted by molar-refractivity contribution is -0.00213. The molecule has 1 unspecified atom stereocenters. The minimum atomic E-state index is -0.789. The summed E-state index contributed by atoms with van der Waals surface area (Å²) in [6.07, 6.45) is -0.789. The zero-order valence-electron chi connectivity index (χ0n) is 5.90. The van der Waals surface area contributed by atoms with E-state index in [2.05, 4.69) is 5.29 Å². The number of nitroso groups, excluding NO2 is 1. The lowest BCUT2D eigenvalue weighted by Crippen LogP contribution is -2.33. The summed E-state index contributed by atoms with van der Waals surface area (Å²) in [5.41, 5.74) is 0. The van der Waals surface area contributed by atoms with Crippen molar-refractivity contribution in [1.29, 1.82) is 0 Å². The molecule has 0 radical (unpaired) electrons. The maximum atomic E-state index is 9.90. The first kappa shape index (κ1) is 8.36. The van der Waals surface area contributed by atoms with Crippen molar-refractivity contribution in [2.45, 2.75) is 33.0 Å². The quantitative estimate of drug-likeness (QED) is 0.349. The summed E-state index contributed by atoms with van der Waals surface area (Å²) in [7, 11) is 0. The molecule has 4 nitrogen and oxygen atoms in total. The van der Waals surface area contributed by atoms with Gasteiger partial charge in [-0.1, -0.05) is 0 Å². The Bertz CT molecular complexity index is 85.0. The maximum absolute atomic E-state index is 9.90. The molecule has 9 heavy (non-hydrogen) atoms. The molecule has 0 saturated carbocycles. The molecule has 0 aliphatic carbocycles. The molecule has 0 bridgehead atoms. The number of nitrogens with zero attached hydrogens (tertiary/aromatic N) is 2. The van der Waals surface area contributed by atoms with Crippen LogP contribution in [0.3, 0.4) is 0 Å². The molecule has 0 aromatic heterocycles. The minimum absolute atomic E-state index is 0.0394. The van der Waals surface area contributed by atoms with Crippen LogP contribution in [0.1, 0.15) is 20.8 Å². The second-order valence-electron chi connectivity index (χ2n) is 2.19. The van der Waals surface area contributed by atoms with Gasteiger partial charge >= 0.3 is 0 Å². The molecule has 0 aliphatic rings. The van der Waals surface area contributed by atoms with Crippen LogP contribution in [-0.4, -0.2) is 22.4 Å². The van der Waals surface area contributed by atoms with Gasteiger partial charge in [0.15, 0.2) is 0 Å². The predicted molar refractivity (Wildman–Crippen MR) is 34.5 cm³/mol. The standard InChI is InChI=1S/C5H12N2O2/c1-4(2)7(6-9)5(3)8/h4-5,8H,1-3H3. The average molecular weight is 132 g/mol. The van der Waals surface area contributed by atoms with Crippen LogP contribution in [0, 0.1) is 4.91 Å². The molecule has 4 heteroatoms. The van der Waals surface area contributed by atoms with Crippen LogP contribution < -0.4 is 0 Å². The second kappa shape index (κ2) is 3.40. The molecule has 0 amide bonds. The number of hydrogen-bond acceptors (Lipinski definition) is 3. The van der Waals surface area contributed by atoms with Crippen molar-refractivity contribution in [2.75, 3.05) is 0 Å². The average Bonchev–Trinajstić information content (AvgIpc) is 1.64. The van der Waals surface area contributed by atoms with Crippen molar-refractivity contribution in [3.05, 3.63) is 4.91 Å². The Morgan fingerprint density at radius 1 is 1.44 bits per heavy atom. The van der Waals surface area contributed by atoms with Gasteiger partial charge in [-0.25, -0.2) is 5.01 Å². The van der Waals surface area contributed by atoms with Crippen LogP contribution in [0.25, 0.3) is 0 Å². The Balaban J connectivity index is 3.82. The Kier molecular flexibility index (Phi) is 3.16. The highest BCUT2D eigenvalue weighted by Crippen LogP contribution is 2.01. The third-order valence-electron chi connectivity index (χ3n) is 1.01. The normalized spacial score (nSPS) is 13.4. The van der Waals surface area contributed by atoms with Gasteiger partial charge in [-0.3, -0.25) is 0 Å². The molecular formula is C5H12N2O2. The van der Waals surface area contributed by atoms with Crippen LogP contribution >= 0.6 is 0 Å². The van der Waals surface area contributed by atoms with E-state index in [1.54, 1.807) is 13.8 Å². The molecule has 1 atom stereocenters. The molecule has 54 valence electrons. The van der Waals surface area contributed by atoms with Gasteiger partial charge in [0.2, 0.25) is 0 Å². The van der Waals surface area contributed by atoms with Gasteiger partial charge in [-0.2, -0.15) is 0 Å². The van der Waals surface area contributed by atoms with E-state index < -0.39 is 6.23 Å².